The number of carbonyl (C=O) groups is 3. The molecule has 0 fully saturated rings. The number of amides is 2. The maximum Gasteiger partial charge on any atom is 0.408 e. The molecular weight excluding hydrogens is 424 g/mol. The van der Waals surface area contributed by atoms with Crippen molar-refractivity contribution in [2.45, 2.75) is 45.4 Å². The number of esters is 1. The number of hydrogen-bond acceptors (Lipinski definition) is 6. The number of benzene rings is 2. The molecule has 0 saturated carbocycles. The standard InChI is InChI=1S/C25H32N2O6/c1-17(2)13-21(27-25(30)33-16-18-9-6-5-7-10-18)23(28)26-22(24(29)32-4)15-19-11-8-12-20(14-19)31-3/h5-12,14,17,21-22H,13,15-16H2,1-4H3,(H,26,28)(H,27,30)/t21-,22+/m0/s1. The predicted molar refractivity (Wildman–Crippen MR) is 124 cm³/mol. The fourth-order valence-electron chi connectivity index (χ4n) is 3.25. The van der Waals surface area contributed by atoms with Crippen molar-refractivity contribution in [2.24, 2.45) is 5.92 Å². The van der Waals surface area contributed by atoms with Crippen LogP contribution in [0.3, 0.4) is 0 Å². The minimum Gasteiger partial charge on any atom is -0.497 e. The van der Waals surface area contributed by atoms with Crippen molar-refractivity contribution in [1.82, 2.24) is 10.6 Å². The molecule has 0 bridgehead atoms. The van der Waals surface area contributed by atoms with E-state index in [1.54, 1.807) is 25.3 Å². The molecule has 2 N–H and O–H groups in total. The number of ether oxygens (including phenoxy) is 3. The van der Waals surface area contributed by atoms with Gasteiger partial charge in [-0.3, -0.25) is 4.79 Å². The molecule has 0 heterocycles. The molecule has 0 saturated heterocycles. The van der Waals surface area contributed by atoms with Crippen molar-refractivity contribution in [3.63, 3.8) is 0 Å². The second-order valence-corrected chi connectivity index (χ2v) is 8.03. The van der Waals surface area contributed by atoms with Crippen LogP contribution >= 0.6 is 0 Å². The van der Waals surface area contributed by atoms with Gasteiger partial charge in [0.15, 0.2) is 0 Å². The number of alkyl carbamates (subject to hydrolysis) is 1. The van der Waals surface area contributed by atoms with E-state index in [1.165, 1.54) is 7.11 Å². The minimum atomic E-state index is -0.925. The van der Waals surface area contributed by atoms with Crippen molar-refractivity contribution in [3.8, 4) is 5.75 Å². The maximum atomic E-state index is 13.0. The Morgan fingerprint density at radius 1 is 0.879 bits per heavy atom. The Kier molecular flexibility index (Phi) is 10.2. The molecule has 8 nitrogen and oxygen atoms in total. The molecule has 0 unspecified atom stereocenters. The molecule has 0 aliphatic rings. The van der Waals surface area contributed by atoms with E-state index in [2.05, 4.69) is 10.6 Å². The average molecular weight is 457 g/mol. The van der Waals surface area contributed by atoms with E-state index < -0.39 is 30.1 Å². The lowest BCUT2D eigenvalue weighted by Gasteiger charge is -2.23. The molecule has 2 rings (SSSR count). The fourth-order valence-corrected chi connectivity index (χ4v) is 3.25. The molecule has 178 valence electrons. The van der Waals surface area contributed by atoms with Crippen molar-refractivity contribution >= 4 is 18.0 Å². The van der Waals surface area contributed by atoms with Gasteiger partial charge in [0, 0.05) is 6.42 Å². The minimum absolute atomic E-state index is 0.0866. The molecule has 0 spiro atoms. The summed E-state index contributed by atoms with van der Waals surface area (Å²) < 4.78 is 15.3. The van der Waals surface area contributed by atoms with Gasteiger partial charge in [-0.25, -0.2) is 9.59 Å². The number of hydrogen-bond donors (Lipinski definition) is 2. The van der Waals surface area contributed by atoms with Crippen LogP contribution in [0.5, 0.6) is 5.75 Å². The lowest BCUT2D eigenvalue weighted by Crippen LogP contribution is -2.53. The number of rotatable bonds is 11. The molecule has 0 aromatic heterocycles. The zero-order valence-corrected chi connectivity index (χ0v) is 19.5. The van der Waals surface area contributed by atoms with Gasteiger partial charge in [0.2, 0.25) is 5.91 Å². The van der Waals surface area contributed by atoms with Crippen molar-refractivity contribution < 1.29 is 28.6 Å². The summed E-state index contributed by atoms with van der Waals surface area (Å²) in [4.78, 5) is 37.7. The molecule has 2 atom stereocenters. The smallest absolute Gasteiger partial charge is 0.408 e. The van der Waals surface area contributed by atoms with Gasteiger partial charge in [-0.1, -0.05) is 56.3 Å². The molecule has 2 amide bonds. The van der Waals surface area contributed by atoms with Crippen molar-refractivity contribution in [2.75, 3.05) is 14.2 Å². The summed E-state index contributed by atoms with van der Waals surface area (Å²) >= 11 is 0. The second-order valence-electron chi connectivity index (χ2n) is 8.03. The topological polar surface area (TPSA) is 103 Å². The molecular formula is C25H32N2O6. The third kappa shape index (κ3) is 8.84. The van der Waals surface area contributed by atoms with Crippen LogP contribution in [0.15, 0.2) is 54.6 Å². The fraction of sp³-hybridized carbons (Fsp3) is 0.400. The van der Waals surface area contributed by atoms with E-state index >= 15 is 0 Å². The molecule has 8 heteroatoms. The molecule has 0 aliphatic carbocycles. The molecule has 33 heavy (non-hydrogen) atoms. The van der Waals surface area contributed by atoms with Crippen LogP contribution in [-0.2, 0) is 32.1 Å². The zero-order valence-electron chi connectivity index (χ0n) is 19.5. The Bertz CT molecular complexity index is 916. The van der Waals surface area contributed by atoms with Gasteiger partial charge in [-0.15, -0.1) is 0 Å². The van der Waals surface area contributed by atoms with Crippen LogP contribution in [0.25, 0.3) is 0 Å². The molecule has 2 aromatic rings. The van der Waals surface area contributed by atoms with Crippen molar-refractivity contribution in [1.29, 1.82) is 0 Å². The molecule has 2 aromatic carbocycles. The normalized spacial score (nSPS) is 12.4. The third-order valence-corrected chi connectivity index (χ3v) is 4.90. The lowest BCUT2D eigenvalue weighted by atomic mass is 10.0. The van der Waals surface area contributed by atoms with Crippen LogP contribution < -0.4 is 15.4 Å². The van der Waals surface area contributed by atoms with E-state index in [4.69, 9.17) is 14.2 Å². The SMILES string of the molecule is COC(=O)[C@@H](Cc1cccc(OC)c1)NC(=O)[C@H](CC(C)C)NC(=O)OCc1ccccc1. The summed E-state index contributed by atoms with van der Waals surface area (Å²) in [5.41, 5.74) is 1.63. The highest BCUT2D eigenvalue weighted by Gasteiger charge is 2.28. The predicted octanol–water partition coefficient (Wildman–Crippen LogP) is 3.24. The Labute approximate surface area is 194 Å². The monoisotopic (exact) mass is 456 g/mol. The summed E-state index contributed by atoms with van der Waals surface area (Å²) in [6.07, 6.45) is -0.121. The Morgan fingerprint density at radius 3 is 2.21 bits per heavy atom. The lowest BCUT2D eigenvalue weighted by molar-refractivity contribution is -0.145. The second kappa shape index (κ2) is 13.1. The average Bonchev–Trinajstić information content (AvgIpc) is 2.81. The van der Waals surface area contributed by atoms with Gasteiger partial charge < -0.3 is 24.8 Å². The number of carbonyl (C=O) groups excluding carboxylic acids is 3. The first-order chi connectivity index (χ1) is 15.8. The van der Waals surface area contributed by atoms with Crippen LogP contribution in [0, 0.1) is 5.92 Å². The third-order valence-electron chi connectivity index (χ3n) is 4.90. The first kappa shape index (κ1) is 25.7. The van der Waals surface area contributed by atoms with Crippen LogP contribution in [-0.4, -0.2) is 44.3 Å². The van der Waals surface area contributed by atoms with Crippen LogP contribution in [0.1, 0.15) is 31.4 Å². The van der Waals surface area contributed by atoms with Crippen molar-refractivity contribution in [3.05, 3.63) is 65.7 Å². The zero-order chi connectivity index (χ0) is 24.2. The van der Waals surface area contributed by atoms with Gasteiger partial charge in [0.1, 0.15) is 24.4 Å². The highest BCUT2D eigenvalue weighted by molar-refractivity contribution is 5.89. The Balaban J connectivity index is 2.05. The summed E-state index contributed by atoms with van der Waals surface area (Å²) in [6, 6.07) is 14.7. The highest BCUT2D eigenvalue weighted by atomic mass is 16.5. The Morgan fingerprint density at radius 2 is 1.58 bits per heavy atom. The van der Waals surface area contributed by atoms with Gasteiger partial charge in [-0.05, 0) is 35.6 Å². The Hall–Kier alpha value is -3.55. The summed E-state index contributed by atoms with van der Waals surface area (Å²) in [7, 11) is 2.82. The highest BCUT2D eigenvalue weighted by Crippen LogP contribution is 2.15. The number of methoxy groups -OCH3 is 2. The maximum absolute atomic E-state index is 13.0. The van der Waals surface area contributed by atoms with Gasteiger partial charge >= 0.3 is 12.1 Å². The number of nitrogens with one attached hydrogen (secondary N) is 2. The first-order valence-electron chi connectivity index (χ1n) is 10.8. The molecule has 0 radical (unpaired) electrons. The van der Waals surface area contributed by atoms with E-state index in [9.17, 15) is 14.4 Å². The summed E-state index contributed by atoms with van der Waals surface area (Å²) in [5.74, 6) is -0.312. The summed E-state index contributed by atoms with van der Waals surface area (Å²) in [6.45, 7) is 3.96. The van der Waals surface area contributed by atoms with E-state index in [0.29, 0.717) is 12.2 Å². The van der Waals surface area contributed by atoms with E-state index in [1.807, 2.05) is 50.2 Å². The van der Waals surface area contributed by atoms with Gasteiger partial charge in [0.05, 0.1) is 14.2 Å². The quantitative estimate of drug-likeness (QED) is 0.503. The van der Waals surface area contributed by atoms with E-state index in [-0.39, 0.29) is 18.9 Å². The van der Waals surface area contributed by atoms with Gasteiger partial charge in [-0.2, -0.15) is 0 Å². The molecule has 0 aliphatic heterocycles. The summed E-state index contributed by atoms with van der Waals surface area (Å²) in [5, 5.41) is 5.33. The van der Waals surface area contributed by atoms with E-state index in [0.717, 1.165) is 11.1 Å². The van der Waals surface area contributed by atoms with Crippen LogP contribution in [0.4, 0.5) is 4.79 Å². The van der Waals surface area contributed by atoms with Gasteiger partial charge in [0.25, 0.3) is 0 Å². The van der Waals surface area contributed by atoms with Crippen LogP contribution in [0.2, 0.25) is 0 Å². The largest absolute Gasteiger partial charge is 0.497 e. The first-order valence-corrected chi connectivity index (χ1v) is 10.8.